The molecule has 0 atom stereocenters. The molecule has 0 aromatic heterocycles. The molecule has 1 aliphatic heterocycles. The lowest BCUT2D eigenvalue weighted by Crippen LogP contribution is -2.36. The molecule has 154 valence electrons. The third-order valence-electron chi connectivity index (χ3n) is 4.85. The predicted molar refractivity (Wildman–Crippen MR) is 121 cm³/mol. The zero-order valence-electron chi connectivity index (χ0n) is 16.8. The molecule has 0 bridgehead atoms. The number of para-hydroxylation sites is 2. The first kappa shape index (κ1) is 19.8. The Balaban J connectivity index is 1.41. The van der Waals surface area contributed by atoms with Crippen LogP contribution in [0.1, 0.15) is 5.56 Å². The number of ether oxygens (including phenoxy) is 2. The lowest BCUT2D eigenvalue weighted by Gasteiger charge is -2.30. The van der Waals surface area contributed by atoms with Gasteiger partial charge < -0.3 is 25.4 Å². The van der Waals surface area contributed by atoms with Crippen LogP contribution in [-0.2, 0) is 11.3 Å². The van der Waals surface area contributed by atoms with Crippen LogP contribution in [0, 0.1) is 0 Å². The second kappa shape index (κ2) is 9.80. The minimum absolute atomic E-state index is 0.364. The highest BCUT2D eigenvalue weighted by atomic mass is 16.5. The monoisotopic (exact) mass is 402 g/mol. The summed E-state index contributed by atoms with van der Waals surface area (Å²) in [6.07, 6.45) is 0. The maximum absolute atomic E-state index is 6.15. The Morgan fingerprint density at radius 3 is 2.50 bits per heavy atom. The van der Waals surface area contributed by atoms with Crippen LogP contribution in [0.4, 0.5) is 11.4 Å². The molecule has 3 aromatic rings. The lowest BCUT2D eigenvalue weighted by atomic mass is 10.1. The SMILES string of the molecule is NC(=NCc1ccccc1N1CCOCC1)Nc1cccc(Oc2ccccc2)c1. The number of anilines is 2. The number of aliphatic imine (C=N–C) groups is 1. The summed E-state index contributed by atoms with van der Waals surface area (Å²) in [4.78, 5) is 6.88. The van der Waals surface area contributed by atoms with Gasteiger partial charge in [0.1, 0.15) is 11.5 Å². The van der Waals surface area contributed by atoms with E-state index in [2.05, 4.69) is 33.4 Å². The van der Waals surface area contributed by atoms with Crippen molar-refractivity contribution in [1.29, 1.82) is 0 Å². The molecule has 4 rings (SSSR count). The second-order valence-corrected chi connectivity index (χ2v) is 7.00. The Morgan fingerprint density at radius 2 is 1.67 bits per heavy atom. The molecule has 1 aliphatic rings. The maximum atomic E-state index is 6.15. The van der Waals surface area contributed by atoms with Crippen LogP contribution < -0.4 is 20.7 Å². The maximum Gasteiger partial charge on any atom is 0.193 e. The summed E-state index contributed by atoms with van der Waals surface area (Å²) in [7, 11) is 0. The zero-order chi connectivity index (χ0) is 20.6. The third kappa shape index (κ3) is 5.30. The van der Waals surface area contributed by atoms with Crippen LogP contribution >= 0.6 is 0 Å². The first-order chi connectivity index (χ1) is 14.8. The second-order valence-electron chi connectivity index (χ2n) is 7.00. The minimum atomic E-state index is 0.364. The van der Waals surface area contributed by atoms with Crippen molar-refractivity contribution in [3.05, 3.63) is 84.4 Å². The number of rotatable bonds is 6. The van der Waals surface area contributed by atoms with Crippen molar-refractivity contribution in [2.24, 2.45) is 10.7 Å². The van der Waals surface area contributed by atoms with Crippen molar-refractivity contribution in [3.8, 4) is 11.5 Å². The fourth-order valence-corrected chi connectivity index (χ4v) is 3.38. The fourth-order valence-electron chi connectivity index (χ4n) is 3.38. The molecule has 1 heterocycles. The topological polar surface area (TPSA) is 72.1 Å². The Kier molecular flexibility index (Phi) is 6.47. The van der Waals surface area contributed by atoms with E-state index in [0.717, 1.165) is 49.1 Å². The molecule has 1 saturated heterocycles. The summed E-state index contributed by atoms with van der Waals surface area (Å²) in [6.45, 7) is 3.79. The van der Waals surface area contributed by atoms with Gasteiger partial charge in [-0.25, -0.2) is 4.99 Å². The highest BCUT2D eigenvalue weighted by molar-refractivity contribution is 5.92. The standard InChI is InChI=1S/C24H26N4O2/c25-24(26-18-19-7-4-5-12-23(19)28-13-15-29-16-14-28)27-20-8-6-11-22(17-20)30-21-9-2-1-3-10-21/h1-12,17H,13-16,18H2,(H3,25,26,27). The van der Waals surface area contributed by atoms with Gasteiger partial charge in [-0.3, -0.25) is 0 Å². The Morgan fingerprint density at radius 1 is 0.933 bits per heavy atom. The zero-order valence-corrected chi connectivity index (χ0v) is 16.8. The largest absolute Gasteiger partial charge is 0.457 e. The Hall–Kier alpha value is -3.51. The number of guanidine groups is 1. The molecule has 0 aliphatic carbocycles. The van der Waals surface area contributed by atoms with E-state index in [1.807, 2.05) is 60.7 Å². The van der Waals surface area contributed by atoms with E-state index in [-0.39, 0.29) is 0 Å². The molecule has 6 heteroatoms. The average Bonchev–Trinajstić information content (AvgIpc) is 2.79. The lowest BCUT2D eigenvalue weighted by molar-refractivity contribution is 0.122. The van der Waals surface area contributed by atoms with E-state index in [4.69, 9.17) is 15.2 Å². The summed E-state index contributed by atoms with van der Waals surface area (Å²) in [6, 6.07) is 25.6. The molecule has 6 nitrogen and oxygen atoms in total. The van der Waals surface area contributed by atoms with Gasteiger partial charge in [0.2, 0.25) is 0 Å². The van der Waals surface area contributed by atoms with Crippen molar-refractivity contribution >= 4 is 17.3 Å². The van der Waals surface area contributed by atoms with E-state index in [9.17, 15) is 0 Å². The first-order valence-corrected chi connectivity index (χ1v) is 10.1. The summed E-state index contributed by atoms with van der Waals surface area (Å²) < 4.78 is 11.3. The van der Waals surface area contributed by atoms with Crippen LogP contribution in [-0.4, -0.2) is 32.3 Å². The summed E-state index contributed by atoms with van der Waals surface area (Å²) in [5.74, 6) is 1.89. The van der Waals surface area contributed by atoms with Crippen molar-refractivity contribution in [2.75, 3.05) is 36.5 Å². The highest BCUT2D eigenvalue weighted by Crippen LogP contribution is 2.24. The van der Waals surface area contributed by atoms with Gasteiger partial charge in [0.05, 0.1) is 19.8 Å². The van der Waals surface area contributed by atoms with Crippen LogP contribution in [0.3, 0.4) is 0 Å². The highest BCUT2D eigenvalue weighted by Gasteiger charge is 2.14. The minimum Gasteiger partial charge on any atom is -0.457 e. The quantitative estimate of drug-likeness (QED) is 0.477. The number of hydrogen-bond acceptors (Lipinski definition) is 4. The van der Waals surface area contributed by atoms with Crippen molar-refractivity contribution in [3.63, 3.8) is 0 Å². The number of nitrogens with one attached hydrogen (secondary N) is 1. The average molecular weight is 402 g/mol. The number of morpholine rings is 1. The molecule has 3 N–H and O–H groups in total. The van der Waals surface area contributed by atoms with E-state index in [1.54, 1.807) is 0 Å². The molecule has 0 spiro atoms. The fraction of sp³-hybridized carbons (Fsp3) is 0.208. The van der Waals surface area contributed by atoms with Gasteiger partial charge in [0, 0.05) is 30.5 Å². The van der Waals surface area contributed by atoms with Gasteiger partial charge in [-0.1, -0.05) is 42.5 Å². The van der Waals surface area contributed by atoms with Gasteiger partial charge in [0.15, 0.2) is 5.96 Å². The van der Waals surface area contributed by atoms with Gasteiger partial charge in [-0.2, -0.15) is 0 Å². The summed E-state index contributed by atoms with van der Waals surface area (Å²) >= 11 is 0. The van der Waals surface area contributed by atoms with Crippen molar-refractivity contribution < 1.29 is 9.47 Å². The Bertz CT molecular complexity index is 985. The van der Waals surface area contributed by atoms with Crippen LogP contribution in [0.2, 0.25) is 0 Å². The normalized spacial score (nSPS) is 14.4. The smallest absolute Gasteiger partial charge is 0.193 e. The molecule has 3 aromatic carbocycles. The number of benzene rings is 3. The van der Waals surface area contributed by atoms with Crippen LogP contribution in [0.25, 0.3) is 0 Å². The molecule has 0 unspecified atom stereocenters. The molecule has 0 radical (unpaired) electrons. The molecule has 0 saturated carbocycles. The number of nitrogens with zero attached hydrogens (tertiary/aromatic N) is 2. The first-order valence-electron chi connectivity index (χ1n) is 10.1. The summed E-state index contributed by atoms with van der Waals surface area (Å²) in [5, 5.41) is 3.15. The van der Waals surface area contributed by atoms with Gasteiger partial charge in [-0.15, -0.1) is 0 Å². The van der Waals surface area contributed by atoms with Gasteiger partial charge in [0.25, 0.3) is 0 Å². The predicted octanol–water partition coefficient (Wildman–Crippen LogP) is 4.24. The van der Waals surface area contributed by atoms with Gasteiger partial charge >= 0.3 is 0 Å². The molecular weight excluding hydrogens is 376 g/mol. The number of hydrogen-bond donors (Lipinski definition) is 2. The molecule has 0 amide bonds. The van der Waals surface area contributed by atoms with Crippen LogP contribution in [0.5, 0.6) is 11.5 Å². The molecule has 1 fully saturated rings. The number of nitrogens with two attached hydrogens (primary N) is 1. The van der Waals surface area contributed by atoms with E-state index >= 15 is 0 Å². The van der Waals surface area contributed by atoms with Crippen molar-refractivity contribution in [1.82, 2.24) is 0 Å². The Labute approximate surface area is 177 Å². The van der Waals surface area contributed by atoms with E-state index < -0.39 is 0 Å². The third-order valence-corrected chi connectivity index (χ3v) is 4.85. The molecular formula is C24H26N4O2. The van der Waals surface area contributed by atoms with Crippen LogP contribution in [0.15, 0.2) is 83.9 Å². The summed E-state index contributed by atoms with van der Waals surface area (Å²) in [5.41, 5.74) is 9.31. The molecule has 30 heavy (non-hydrogen) atoms. The van der Waals surface area contributed by atoms with E-state index in [1.165, 1.54) is 5.69 Å². The van der Waals surface area contributed by atoms with Crippen molar-refractivity contribution in [2.45, 2.75) is 6.54 Å². The van der Waals surface area contributed by atoms with E-state index in [0.29, 0.717) is 12.5 Å². The van der Waals surface area contributed by atoms with Gasteiger partial charge in [-0.05, 0) is 35.9 Å².